The number of nitrogens with zero attached hydrogens (tertiary/aromatic N) is 1. The predicted octanol–water partition coefficient (Wildman–Crippen LogP) is 0.969. The molecule has 1 aromatic rings. The van der Waals surface area contributed by atoms with Crippen molar-refractivity contribution < 1.29 is 14.9 Å². The van der Waals surface area contributed by atoms with E-state index in [1.807, 2.05) is 6.07 Å². The van der Waals surface area contributed by atoms with E-state index in [0.29, 0.717) is 31.4 Å². The van der Waals surface area contributed by atoms with E-state index in [4.69, 9.17) is 4.74 Å². The lowest BCUT2D eigenvalue weighted by molar-refractivity contribution is -0.0880. The number of ether oxygens (including phenoxy) is 1. The van der Waals surface area contributed by atoms with E-state index >= 15 is 0 Å². The van der Waals surface area contributed by atoms with Crippen molar-refractivity contribution in [2.45, 2.75) is 54.9 Å². The highest BCUT2D eigenvalue weighted by atomic mass is 16.5. The SMILES string of the molecule is O=N[C@@]12CC[C@H](O)[C@@H]3Oc4c(O)ccc5c4[C@@]31CCNC2C5. The lowest BCUT2D eigenvalue weighted by Gasteiger charge is -2.59. The van der Waals surface area contributed by atoms with E-state index in [2.05, 4.69) is 10.5 Å². The van der Waals surface area contributed by atoms with Crippen LogP contribution >= 0.6 is 0 Å². The highest BCUT2D eigenvalue weighted by molar-refractivity contribution is 5.63. The molecule has 2 heterocycles. The van der Waals surface area contributed by atoms with Crippen molar-refractivity contribution in [3.8, 4) is 11.5 Å². The Morgan fingerprint density at radius 2 is 2.23 bits per heavy atom. The average Bonchev–Trinajstić information content (AvgIpc) is 2.86. The Kier molecular flexibility index (Phi) is 2.22. The molecule has 2 aliphatic heterocycles. The fourth-order valence-electron chi connectivity index (χ4n) is 5.61. The van der Waals surface area contributed by atoms with E-state index < -0.39 is 23.2 Å². The number of hydrogen-bond donors (Lipinski definition) is 3. The molecule has 0 radical (unpaired) electrons. The fourth-order valence-corrected chi connectivity index (χ4v) is 5.61. The molecule has 4 aliphatic rings. The summed E-state index contributed by atoms with van der Waals surface area (Å²) < 4.78 is 6.02. The van der Waals surface area contributed by atoms with Gasteiger partial charge in [-0.25, -0.2) is 0 Å². The predicted molar refractivity (Wildman–Crippen MR) is 78.1 cm³/mol. The molecule has 1 aromatic carbocycles. The standard InChI is InChI=1S/C16H18N2O4/c19-9-2-1-8-7-11-16(18-21)4-3-10(20)14-15(16,5-6-17-11)12(8)13(9)22-14/h1-2,10-11,14,17,19-20H,3-7H2/t10-,11?,14-,15-,16+/m0/s1. The molecule has 5 rings (SSSR count). The summed E-state index contributed by atoms with van der Waals surface area (Å²) in [6.07, 6.45) is 1.34. The van der Waals surface area contributed by atoms with Crippen LogP contribution in [0.15, 0.2) is 17.3 Å². The van der Waals surface area contributed by atoms with Crippen molar-refractivity contribution in [2.75, 3.05) is 6.54 Å². The zero-order valence-electron chi connectivity index (χ0n) is 12.1. The molecule has 22 heavy (non-hydrogen) atoms. The molecule has 116 valence electrons. The topological polar surface area (TPSA) is 91.2 Å². The van der Waals surface area contributed by atoms with Gasteiger partial charge in [-0.05, 0) is 43.9 Å². The van der Waals surface area contributed by atoms with Crippen LogP contribution < -0.4 is 10.1 Å². The molecule has 1 spiro atoms. The van der Waals surface area contributed by atoms with Gasteiger partial charge < -0.3 is 20.3 Å². The van der Waals surface area contributed by atoms with Gasteiger partial charge in [0.15, 0.2) is 11.5 Å². The minimum Gasteiger partial charge on any atom is -0.504 e. The van der Waals surface area contributed by atoms with Crippen molar-refractivity contribution in [1.29, 1.82) is 0 Å². The quantitative estimate of drug-likeness (QED) is 0.672. The number of nitroso groups, excluding NO2 is 1. The van der Waals surface area contributed by atoms with Crippen molar-refractivity contribution in [3.63, 3.8) is 0 Å². The molecule has 1 saturated carbocycles. The first kappa shape index (κ1) is 12.8. The number of hydrogen-bond acceptors (Lipinski definition) is 6. The normalized spacial score (nSPS) is 44.1. The van der Waals surface area contributed by atoms with Crippen LogP contribution in [-0.2, 0) is 11.8 Å². The molecule has 3 N–H and O–H groups in total. The van der Waals surface area contributed by atoms with Crippen LogP contribution in [-0.4, -0.2) is 40.5 Å². The minimum absolute atomic E-state index is 0.0275. The molecule has 6 heteroatoms. The zero-order chi connectivity index (χ0) is 15.1. The van der Waals surface area contributed by atoms with Crippen molar-refractivity contribution in [1.82, 2.24) is 5.32 Å². The largest absolute Gasteiger partial charge is 0.504 e. The fraction of sp³-hybridized carbons (Fsp3) is 0.625. The van der Waals surface area contributed by atoms with Crippen molar-refractivity contribution in [3.05, 3.63) is 28.2 Å². The zero-order valence-corrected chi connectivity index (χ0v) is 12.1. The van der Waals surface area contributed by atoms with Crippen molar-refractivity contribution in [2.24, 2.45) is 5.18 Å². The van der Waals surface area contributed by atoms with Gasteiger partial charge >= 0.3 is 0 Å². The first-order valence-electron chi connectivity index (χ1n) is 7.92. The molecule has 5 atom stereocenters. The summed E-state index contributed by atoms with van der Waals surface area (Å²) in [6, 6.07) is 3.53. The lowest BCUT2D eigenvalue weighted by Crippen LogP contribution is -2.75. The van der Waals surface area contributed by atoms with Crippen LogP contribution in [0.1, 0.15) is 30.4 Å². The minimum atomic E-state index is -0.790. The van der Waals surface area contributed by atoms with Crippen LogP contribution in [0.5, 0.6) is 11.5 Å². The van der Waals surface area contributed by atoms with Gasteiger partial charge in [0.25, 0.3) is 0 Å². The highest BCUT2D eigenvalue weighted by Gasteiger charge is 2.73. The van der Waals surface area contributed by atoms with Crippen LogP contribution in [0, 0.1) is 4.91 Å². The van der Waals surface area contributed by atoms with Gasteiger partial charge in [-0.3, -0.25) is 0 Å². The summed E-state index contributed by atoms with van der Waals surface area (Å²) >= 11 is 0. The Balaban J connectivity index is 1.89. The third-order valence-corrected chi connectivity index (χ3v) is 6.42. The second kappa shape index (κ2) is 3.81. The molecule has 1 unspecified atom stereocenters. The second-order valence-electron chi connectivity index (χ2n) is 7.04. The molecule has 2 aliphatic carbocycles. The van der Waals surface area contributed by atoms with Crippen LogP contribution in [0.2, 0.25) is 0 Å². The van der Waals surface area contributed by atoms with Gasteiger partial charge in [0, 0.05) is 11.6 Å². The summed E-state index contributed by atoms with van der Waals surface area (Å²) in [7, 11) is 0. The maximum Gasteiger partial charge on any atom is 0.165 e. The number of phenols is 1. The van der Waals surface area contributed by atoms with Crippen LogP contribution in [0.4, 0.5) is 0 Å². The molecule has 0 amide bonds. The summed E-state index contributed by atoms with van der Waals surface area (Å²) in [5.41, 5.74) is 0.625. The number of aromatic hydroxyl groups is 1. The van der Waals surface area contributed by atoms with Crippen molar-refractivity contribution >= 4 is 0 Å². The summed E-state index contributed by atoms with van der Waals surface area (Å²) in [6.45, 7) is 0.767. The number of benzene rings is 1. The second-order valence-corrected chi connectivity index (χ2v) is 7.04. The molecule has 1 saturated heterocycles. The molecular formula is C16H18N2O4. The Morgan fingerprint density at radius 3 is 3.05 bits per heavy atom. The lowest BCUT2D eigenvalue weighted by atomic mass is 9.48. The highest BCUT2D eigenvalue weighted by Crippen LogP contribution is 2.65. The average molecular weight is 302 g/mol. The van der Waals surface area contributed by atoms with E-state index in [1.165, 1.54) is 0 Å². The number of rotatable bonds is 1. The molecule has 6 nitrogen and oxygen atoms in total. The maximum absolute atomic E-state index is 12.0. The molecule has 2 fully saturated rings. The molecule has 2 bridgehead atoms. The maximum atomic E-state index is 12.0. The third-order valence-electron chi connectivity index (χ3n) is 6.42. The number of aliphatic hydroxyl groups excluding tert-OH is 1. The van der Waals surface area contributed by atoms with E-state index in [1.54, 1.807) is 6.07 Å². The van der Waals surface area contributed by atoms with Gasteiger partial charge in [-0.1, -0.05) is 11.2 Å². The number of aliphatic hydroxyl groups is 1. The van der Waals surface area contributed by atoms with Gasteiger partial charge in [0.2, 0.25) is 0 Å². The Morgan fingerprint density at radius 1 is 1.36 bits per heavy atom. The Bertz CT molecular complexity index is 693. The van der Waals surface area contributed by atoms with Gasteiger partial charge in [0.1, 0.15) is 11.6 Å². The summed E-state index contributed by atoms with van der Waals surface area (Å²) in [5.74, 6) is 0.545. The van der Waals surface area contributed by atoms with E-state index in [-0.39, 0.29) is 11.8 Å². The van der Waals surface area contributed by atoms with Gasteiger partial charge in [-0.2, -0.15) is 4.91 Å². The number of nitrogens with one attached hydrogen (secondary N) is 1. The Labute approximate surface area is 127 Å². The summed E-state index contributed by atoms with van der Waals surface area (Å²) in [4.78, 5) is 12.0. The monoisotopic (exact) mass is 302 g/mol. The molecule has 0 aromatic heterocycles. The van der Waals surface area contributed by atoms with E-state index in [0.717, 1.165) is 17.7 Å². The third kappa shape index (κ3) is 1.11. The first-order chi connectivity index (χ1) is 10.6. The van der Waals surface area contributed by atoms with Gasteiger partial charge in [-0.15, -0.1) is 0 Å². The Hall–Kier alpha value is -1.66. The number of phenolic OH excluding ortho intramolecular Hbond substituents is 1. The number of piperidine rings is 1. The first-order valence-corrected chi connectivity index (χ1v) is 7.92. The van der Waals surface area contributed by atoms with Crippen LogP contribution in [0.25, 0.3) is 0 Å². The smallest absolute Gasteiger partial charge is 0.165 e. The van der Waals surface area contributed by atoms with Gasteiger partial charge in [0.05, 0.1) is 11.5 Å². The summed E-state index contributed by atoms with van der Waals surface area (Å²) in [5, 5.41) is 27.8. The van der Waals surface area contributed by atoms with Crippen LogP contribution in [0.3, 0.4) is 0 Å². The van der Waals surface area contributed by atoms with E-state index in [9.17, 15) is 15.1 Å². The molecular weight excluding hydrogens is 284 g/mol.